The zero-order valence-corrected chi connectivity index (χ0v) is 11.7. The summed E-state index contributed by atoms with van der Waals surface area (Å²) < 4.78 is 0. The first-order valence-electron chi connectivity index (χ1n) is 7.18. The van der Waals surface area contributed by atoms with Crippen LogP contribution in [0.2, 0.25) is 0 Å². The minimum Gasteiger partial charge on any atom is -0.289 e. The molecule has 2 aromatic rings. The summed E-state index contributed by atoms with van der Waals surface area (Å²) in [7, 11) is 0. The van der Waals surface area contributed by atoms with Crippen LogP contribution in [0.25, 0.3) is 0 Å². The Morgan fingerprint density at radius 2 is 1.38 bits per heavy atom. The van der Waals surface area contributed by atoms with Crippen LogP contribution in [-0.4, -0.2) is 11.6 Å². The third kappa shape index (κ3) is 2.84. The van der Waals surface area contributed by atoms with Gasteiger partial charge in [-0.25, -0.2) is 0 Å². The molecule has 1 aliphatic carbocycles. The van der Waals surface area contributed by atoms with Crippen LogP contribution in [0.3, 0.4) is 0 Å². The highest BCUT2D eigenvalue weighted by Crippen LogP contribution is 2.24. The lowest BCUT2D eigenvalue weighted by Gasteiger charge is -2.14. The van der Waals surface area contributed by atoms with E-state index in [0.717, 1.165) is 12.8 Å². The number of hydrogen-bond donors (Lipinski definition) is 0. The van der Waals surface area contributed by atoms with E-state index in [9.17, 15) is 9.59 Å². The van der Waals surface area contributed by atoms with Gasteiger partial charge in [-0.15, -0.1) is 0 Å². The Balaban J connectivity index is 1.70. The third-order valence-electron chi connectivity index (χ3n) is 3.79. The fourth-order valence-electron chi connectivity index (χ4n) is 2.68. The first-order valence-corrected chi connectivity index (χ1v) is 7.18. The largest absolute Gasteiger partial charge is 0.289 e. The summed E-state index contributed by atoms with van der Waals surface area (Å²) in [6.07, 6.45) is 3.95. The molecule has 0 atom stereocenters. The quantitative estimate of drug-likeness (QED) is 0.845. The van der Waals surface area contributed by atoms with Crippen LogP contribution in [0.1, 0.15) is 39.1 Å². The molecule has 2 nitrogen and oxygen atoms in total. The van der Waals surface area contributed by atoms with Crippen LogP contribution < -0.4 is 0 Å². The molecular formula is C19H16O2. The maximum absolute atomic E-state index is 12.4. The predicted molar refractivity (Wildman–Crippen MR) is 82.6 cm³/mol. The van der Waals surface area contributed by atoms with Crippen molar-refractivity contribution in [3.8, 4) is 0 Å². The normalized spacial score (nSPS) is 13.8. The molecule has 0 bridgehead atoms. The van der Waals surface area contributed by atoms with Crippen molar-refractivity contribution in [3.63, 3.8) is 0 Å². The molecular weight excluding hydrogens is 260 g/mol. The van der Waals surface area contributed by atoms with Gasteiger partial charge in [0.25, 0.3) is 0 Å². The molecule has 2 aromatic carbocycles. The molecule has 2 heteroatoms. The molecule has 0 unspecified atom stereocenters. The molecule has 0 aliphatic heterocycles. The number of carbonyl (C=O) groups excluding carboxylic acids is 2. The summed E-state index contributed by atoms with van der Waals surface area (Å²) in [6, 6.07) is 17.2. The monoisotopic (exact) mass is 276 g/mol. The van der Waals surface area contributed by atoms with Crippen LogP contribution in [0.5, 0.6) is 0 Å². The van der Waals surface area contributed by atoms with E-state index >= 15 is 0 Å². The van der Waals surface area contributed by atoms with E-state index < -0.39 is 0 Å². The first kappa shape index (κ1) is 13.5. The average molecular weight is 276 g/mol. The number of carbonyl (C=O) groups is 2. The van der Waals surface area contributed by atoms with Crippen LogP contribution in [-0.2, 0) is 6.42 Å². The van der Waals surface area contributed by atoms with Crippen molar-refractivity contribution in [2.75, 3.05) is 0 Å². The fourth-order valence-corrected chi connectivity index (χ4v) is 2.68. The van der Waals surface area contributed by atoms with E-state index in [-0.39, 0.29) is 11.6 Å². The van der Waals surface area contributed by atoms with Gasteiger partial charge in [0.1, 0.15) is 0 Å². The van der Waals surface area contributed by atoms with Gasteiger partial charge in [-0.05, 0) is 30.9 Å². The summed E-state index contributed by atoms with van der Waals surface area (Å²) in [4.78, 5) is 24.4. The maximum atomic E-state index is 12.4. The lowest BCUT2D eigenvalue weighted by atomic mass is 9.87. The summed E-state index contributed by atoms with van der Waals surface area (Å²) in [5, 5.41) is 0. The highest BCUT2D eigenvalue weighted by molar-refractivity contribution is 6.24. The smallest absolute Gasteiger partial charge is 0.189 e. The van der Waals surface area contributed by atoms with E-state index in [1.165, 1.54) is 11.6 Å². The molecule has 104 valence electrons. The lowest BCUT2D eigenvalue weighted by molar-refractivity contribution is 0.0981. The molecule has 1 aliphatic rings. The van der Waals surface area contributed by atoms with Crippen LogP contribution >= 0.6 is 0 Å². The Labute approximate surface area is 124 Å². The predicted octanol–water partition coefficient (Wildman–Crippen LogP) is 4.01. The topological polar surface area (TPSA) is 34.1 Å². The molecule has 0 radical (unpaired) electrons. The van der Waals surface area contributed by atoms with Gasteiger partial charge in [0, 0.05) is 16.7 Å². The number of Topliss-reactive ketones (excluding diaryl/α,β-unsaturated/α-hetero) is 1. The Morgan fingerprint density at radius 3 is 2.14 bits per heavy atom. The number of benzene rings is 2. The number of hydrogen-bond acceptors (Lipinski definition) is 2. The molecule has 0 fully saturated rings. The Kier molecular flexibility index (Phi) is 3.78. The molecule has 3 rings (SSSR count). The Morgan fingerprint density at radius 1 is 0.714 bits per heavy atom. The summed E-state index contributed by atoms with van der Waals surface area (Å²) in [6.45, 7) is 0. The first-order chi connectivity index (χ1) is 10.3. The zero-order valence-electron chi connectivity index (χ0n) is 11.7. The van der Waals surface area contributed by atoms with Crippen LogP contribution in [0, 0.1) is 0 Å². The van der Waals surface area contributed by atoms with E-state index in [2.05, 4.69) is 12.1 Å². The molecule has 0 saturated heterocycles. The van der Waals surface area contributed by atoms with E-state index in [1.54, 1.807) is 24.3 Å². The summed E-state index contributed by atoms with van der Waals surface area (Å²) in [5.74, 6) is -0.0572. The van der Waals surface area contributed by atoms with Crippen molar-refractivity contribution in [3.05, 3.63) is 82.9 Å². The number of rotatable bonds is 4. The van der Waals surface area contributed by atoms with Gasteiger partial charge >= 0.3 is 0 Å². The van der Waals surface area contributed by atoms with Crippen molar-refractivity contribution in [2.24, 2.45) is 0 Å². The number of allylic oxidation sites excluding steroid dienone is 2. The van der Waals surface area contributed by atoms with Gasteiger partial charge in [0.05, 0.1) is 0 Å². The fraction of sp³-hybridized carbons (Fsp3) is 0.158. The molecule has 0 saturated carbocycles. The van der Waals surface area contributed by atoms with Crippen LogP contribution in [0.4, 0.5) is 0 Å². The van der Waals surface area contributed by atoms with Gasteiger partial charge in [-0.3, -0.25) is 9.59 Å². The molecule has 0 amide bonds. The second-order valence-electron chi connectivity index (χ2n) is 5.25. The van der Waals surface area contributed by atoms with Crippen molar-refractivity contribution in [1.82, 2.24) is 0 Å². The molecule has 0 N–H and O–H groups in total. The summed E-state index contributed by atoms with van der Waals surface area (Å²) in [5.41, 5.74) is 2.96. The third-order valence-corrected chi connectivity index (χ3v) is 3.79. The minimum absolute atomic E-state index is 0.00161. The highest BCUT2D eigenvalue weighted by atomic mass is 16.1. The molecule has 0 aromatic heterocycles. The van der Waals surface area contributed by atoms with Gasteiger partial charge in [-0.2, -0.15) is 0 Å². The Bertz CT molecular complexity index is 711. The number of aryl methyl sites for hydroxylation is 1. The van der Waals surface area contributed by atoms with Gasteiger partial charge in [0.2, 0.25) is 0 Å². The number of ketones is 2. The minimum atomic E-state index is -0.0556. The highest BCUT2D eigenvalue weighted by Gasteiger charge is 2.24. The molecule has 21 heavy (non-hydrogen) atoms. The SMILES string of the molecule is O=C1C=C(CCCc2ccccc2)C(=O)c2ccccc21. The average Bonchev–Trinajstić information content (AvgIpc) is 2.53. The van der Waals surface area contributed by atoms with Crippen molar-refractivity contribution in [1.29, 1.82) is 0 Å². The summed E-state index contributed by atoms with van der Waals surface area (Å²) >= 11 is 0. The van der Waals surface area contributed by atoms with E-state index in [0.29, 0.717) is 23.1 Å². The van der Waals surface area contributed by atoms with Crippen LogP contribution in [0.15, 0.2) is 66.2 Å². The van der Waals surface area contributed by atoms with E-state index in [1.807, 2.05) is 18.2 Å². The van der Waals surface area contributed by atoms with Crippen molar-refractivity contribution < 1.29 is 9.59 Å². The van der Waals surface area contributed by atoms with Gasteiger partial charge in [0.15, 0.2) is 11.6 Å². The standard InChI is InChI=1S/C19H16O2/c20-18-13-15(10-6-9-14-7-2-1-3-8-14)19(21)17-12-5-4-11-16(17)18/h1-5,7-8,11-13H,6,9-10H2. The zero-order chi connectivity index (χ0) is 14.7. The van der Waals surface area contributed by atoms with E-state index in [4.69, 9.17) is 0 Å². The number of fused-ring (bicyclic) bond motifs is 1. The molecule has 0 heterocycles. The second kappa shape index (κ2) is 5.88. The maximum Gasteiger partial charge on any atom is 0.189 e. The van der Waals surface area contributed by atoms with Crippen molar-refractivity contribution >= 4 is 11.6 Å². The van der Waals surface area contributed by atoms with Gasteiger partial charge < -0.3 is 0 Å². The molecule has 0 spiro atoms. The Hall–Kier alpha value is -2.48. The van der Waals surface area contributed by atoms with Gasteiger partial charge in [-0.1, -0.05) is 54.6 Å². The lowest BCUT2D eigenvalue weighted by Crippen LogP contribution is -2.16. The second-order valence-corrected chi connectivity index (χ2v) is 5.25. The van der Waals surface area contributed by atoms with Crippen molar-refractivity contribution in [2.45, 2.75) is 19.3 Å².